The highest BCUT2D eigenvalue weighted by molar-refractivity contribution is 6.05. The molecular formula is C29H25FN2O4. The fourth-order valence-corrected chi connectivity index (χ4v) is 4.65. The number of nitrogens with one attached hydrogen (secondary N) is 1. The van der Waals surface area contributed by atoms with Crippen LogP contribution in [0.2, 0.25) is 0 Å². The third kappa shape index (κ3) is 4.40. The van der Waals surface area contributed by atoms with Crippen molar-refractivity contribution in [1.82, 2.24) is 10.2 Å². The number of fused-ring (bicyclic) bond motifs is 1. The molecule has 2 amide bonds. The van der Waals surface area contributed by atoms with Gasteiger partial charge >= 0.3 is 0 Å². The summed E-state index contributed by atoms with van der Waals surface area (Å²) in [4.78, 5) is 40.6. The Hall–Kier alpha value is -4.26. The Kier molecular flexibility index (Phi) is 6.38. The van der Waals surface area contributed by atoms with Gasteiger partial charge < -0.3 is 14.6 Å². The first-order valence-electron chi connectivity index (χ1n) is 11.9. The van der Waals surface area contributed by atoms with Gasteiger partial charge in [-0.2, -0.15) is 0 Å². The minimum atomic E-state index is -0.541. The fraction of sp³-hybridized carbons (Fsp3) is 0.207. The summed E-state index contributed by atoms with van der Waals surface area (Å²) < 4.78 is 20.2. The number of nitrogens with zero attached hydrogens (tertiary/aromatic N) is 1. The summed E-state index contributed by atoms with van der Waals surface area (Å²) in [7, 11) is 0. The smallest absolute Gasteiger partial charge is 0.256 e. The lowest BCUT2D eigenvalue weighted by Gasteiger charge is -2.32. The molecule has 1 saturated heterocycles. The van der Waals surface area contributed by atoms with Crippen molar-refractivity contribution >= 4 is 22.8 Å². The van der Waals surface area contributed by atoms with Crippen molar-refractivity contribution in [3.05, 3.63) is 106 Å². The van der Waals surface area contributed by atoms with Crippen molar-refractivity contribution in [2.24, 2.45) is 0 Å². The number of hydrogen-bond acceptors (Lipinski definition) is 4. The normalized spacial score (nSPS) is 14.1. The van der Waals surface area contributed by atoms with Crippen LogP contribution in [0.5, 0.6) is 0 Å². The van der Waals surface area contributed by atoms with Crippen LogP contribution < -0.4 is 10.7 Å². The lowest BCUT2D eigenvalue weighted by molar-refractivity contribution is 0.0693. The zero-order valence-electron chi connectivity index (χ0n) is 19.8. The molecule has 4 aromatic rings. The zero-order chi connectivity index (χ0) is 25.2. The van der Waals surface area contributed by atoms with E-state index in [1.165, 1.54) is 12.1 Å². The topological polar surface area (TPSA) is 79.6 Å². The Balaban J connectivity index is 1.35. The van der Waals surface area contributed by atoms with Crippen LogP contribution in [0.15, 0.2) is 82.0 Å². The predicted molar refractivity (Wildman–Crippen MR) is 135 cm³/mol. The summed E-state index contributed by atoms with van der Waals surface area (Å²) in [5.74, 6) is -0.795. The second kappa shape index (κ2) is 9.77. The standard InChI is InChI=1S/C29H25FN2O4/c1-18-25(33)22-11-7-12-23(27(22)36-26(18)19-8-3-2-4-9-19)28(34)31-20-14-16-32(17-15-20)29(35)21-10-5-6-13-24(21)30/h2-13,20H,14-17H2,1H3,(H,31,34). The highest BCUT2D eigenvalue weighted by atomic mass is 19.1. The maximum atomic E-state index is 14.0. The maximum Gasteiger partial charge on any atom is 0.256 e. The molecule has 6 nitrogen and oxygen atoms in total. The van der Waals surface area contributed by atoms with Crippen molar-refractivity contribution in [2.45, 2.75) is 25.8 Å². The summed E-state index contributed by atoms with van der Waals surface area (Å²) in [6.45, 7) is 2.52. The molecule has 0 atom stereocenters. The molecule has 1 fully saturated rings. The minimum Gasteiger partial charge on any atom is -0.455 e. The molecule has 3 aromatic carbocycles. The summed E-state index contributed by atoms with van der Waals surface area (Å²) in [5, 5.41) is 3.37. The molecule has 2 heterocycles. The Morgan fingerprint density at radius 2 is 1.58 bits per heavy atom. The number of halogens is 1. The van der Waals surface area contributed by atoms with E-state index in [1.54, 1.807) is 42.2 Å². The molecule has 0 unspecified atom stereocenters. The molecule has 0 aliphatic carbocycles. The maximum absolute atomic E-state index is 14.0. The monoisotopic (exact) mass is 484 g/mol. The van der Waals surface area contributed by atoms with Crippen LogP contribution in [0.1, 0.15) is 39.1 Å². The number of amides is 2. The van der Waals surface area contributed by atoms with Crippen molar-refractivity contribution in [1.29, 1.82) is 0 Å². The Morgan fingerprint density at radius 3 is 2.31 bits per heavy atom. The lowest BCUT2D eigenvalue weighted by atomic mass is 10.0. The van der Waals surface area contributed by atoms with Crippen LogP contribution in [0, 0.1) is 12.7 Å². The molecule has 0 radical (unpaired) electrons. The number of carbonyl (C=O) groups is 2. The second-order valence-electron chi connectivity index (χ2n) is 8.95. The third-order valence-electron chi connectivity index (χ3n) is 6.65. The third-order valence-corrected chi connectivity index (χ3v) is 6.65. The van der Waals surface area contributed by atoms with E-state index in [4.69, 9.17) is 4.42 Å². The van der Waals surface area contributed by atoms with Crippen molar-refractivity contribution in [3.8, 4) is 11.3 Å². The molecule has 7 heteroatoms. The van der Waals surface area contributed by atoms with E-state index in [9.17, 15) is 18.8 Å². The van der Waals surface area contributed by atoms with Gasteiger partial charge in [-0.3, -0.25) is 14.4 Å². The van der Waals surface area contributed by atoms with Gasteiger partial charge in [-0.05, 0) is 44.0 Å². The Morgan fingerprint density at radius 1 is 0.917 bits per heavy atom. The van der Waals surface area contributed by atoms with Crippen LogP contribution in [-0.4, -0.2) is 35.8 Å². The van der Waals surface area contributed by atoms with Gasteiger partial charge in [0.15, 0.2) is 11.0 Å². The first-order valence-corrected chi connectivity index (χ1v) is 11.9. The number of piperidine rings is 1. The number of rotatable bonds is 4. The van der Waals surface area contributed by atoms with Gasteiger partial charge in [0.25, 0.3) is 11.8 Å². The van der Waals surface area contributed by atoms with E-state index in [0.717, 1.165) is 5.56 Å². The van der Waals surface area contributed by atoms with Crippen molar-refractivity contribution < 1.29 is 18.4 Å². The number of carbonyl (C=O) groups excluding carboxylic acids is 2. The van der Waals surface area contributed by atoms with E-state index in [2.05, 4.69) is 5.32 Å². The minimum absolute atomic E-state index is 0.0512. The van der Waals surface area contributed by atoms with Crippen molar-refractivity contribution in [2.75, 3.05) is 13.1 Å². The number of benzene rings is 3. The molecule has 0 bridgehead atoms. The first kappa shape index (κ1) is 23.5. The molecule has 182 valence electrons. The van der Waals surface area contributed by atoms with E-state index in [0.29, 0.717) is 42.6 Å². The van der Waals surface area contributed by atoms with Crippen molar-refractivity contribution in [3.63, 3.8) is 0 Å². The highest BCUT2D eigenvalue weighted by Gasteiger charge is 2.27. The van der Waals surface area contributed by atoms with Crippen LogP contribution in [0.25, 0.3) is 22.3 Å². The summed E-state index contributed by atoms with van der Waals surface area (Å²) in [6, 6.07) is 20.1. The predicted octanol–water partition coefficient (Wildman–Crippen LogP) is 4.94. The van der Waals surface area contributed by atoms with Gasteiger partial charge in [-0.15, -0.1) is 0 Å². The largest absolute Gasteiger partial charge is 0.455 e. The van der Waals surface area contributed by atoms with Gasteiger partial charge in [0, 0.05) is 30.3 Å². The van der Waals surface area contributed by atoms with E-state index in [1.807, 2.05) is 30.3 Å². The quantitative estimate of drug-likeness (QED) is 0.445. The number of hydrogen-bond donors (Lipinski definition) is 1. The first-order chi connectivity index (χ1) is 17.4. The molecular weight excluding hydrogens is 459 g/mol. The molecule has 0 spiro atoms. The van der Waals surface area contributed by atoms with Crippen LogP contribution >= 0.6 is 0 Å². The SMILES string of the molecule is Cc1c(-c2ccccc2)oc2c(C(=O)NC3CCN(C(=O)c4ccccc4F)CC3)cccc2c1=O. The van der Waals surface area contributed by atoms with Gasteiger partial charge in [0.1, 0.15) is 11.6 Å². The molecule has 1 aliphatic rings. The molecule has 1 N–H and O–H groups in total. The molecule has 0 saturated carbocycles. The van der Waals surface area contributed by atoms with Gasteiger partial charge in [-0.1, -0.05) is 48.5 Å². The summed E-state index contributed by atoms with van der Waals surface area (Å²) in [6.07, 6.45) is 1.07. The van der Waals surface area contributed by atoms with Crippen LogP contribution in [-0.2, 0) is 0 Å². The summed E-state index contributed by atoms with van der Waals surface area (Å²) in [5.41, 5.74) is 1.65. The van der Waals surface area contributed by atoms with Gasteiger partial charge in [0.05, 0.1) is 16.5 Å². The fourth-order valence-electron chi connectivity index (χ4n) is 4.65. The Labute approximate surface area is 207 Å². The Bertz CT molecular complexity index is 1510. The molecule has 36 heavy (non-hydrogen) atoms. The molecule has 1 aliphatic heterocycles. The summed E-state index contributed by atoms with van der Waals surface area (Å²) >= 11 is 0. The van der Waals surface area contributed by atoms with Gasteiger partial charge in [-0.25, -0.2) is 4.39 Å². The number of para-hydroxylation sites is 1. The average Bonchev–Trinajstić information content (AvgIpc) is 2.91. The van der Waals surface area contributed by atoms with E-state index in [-0.39, 0.29) is 40.0 Å². The number of likely N-dealkylation sites (tertiary alicyclic amines) is 1. The average molecular weight is 485 g/mol. The van der Waals surface area contributed by atoms with Gasteiger partial charge in [0.2, 0.25) is 0 Å². The van der Waals surface area contributed by atoms with E-state index < -0.39 is 5.82 Å². The highest BCUT2D eigenvalue weighted by Crippen LogP contribution is 2.27. The molecule has 5 rings (SSSR count). The lowest BCUT2D eigenvalue weighted by Crippen LogP contribution is -2.46. The second-order valence-corrected chi connectivity index (χ2v) is 8.95. The van der Waals surface area contributed by atoms with Crippen LogP contribution in [0.4, 0.5) is 4.39 Å². The zero-order valence-corrected chi connectivity index (χ0v) is 19.8. The van der Waals surface area contributed by atoms with Crippen LogP contribution in [0.3, 0.4) is 0 Å². The van der Waals surface area contributed by atoms with E-state index >= 15 is 0 Å². The molecule has 1 aromatic heterocycles.